The molecule has 0 spiro atoms. The molecule has 4 rings (SSSR count). The summed E-state index contributed by atoms with van der Waals surface area (Å²) in [5.74, 6) is 0.555. The third-order valence-corrected chi connectivity index (χ3v) is 5.89. The molecule has 0 N–H and O–H groups in total. The van der Waals surface area contributed by atoms with Gasteiger partial charge in [0.05, 0.1) is 23.9 Å². The zero-order valence-electron chi connectivity index (χ0n) is 18.5. The van der Waals surface area contributed by atoms with Crippen LogP contribution in [0.3, 0.4) is 0 Å². The number of anilines is 1. The number of benzene rings is 2. The largest absolute Gasteiger partial charge is 0.467 e. The second-order valence-electron chi connectivity index (χ2n) is 7.49. The van der Waals surface area contributed by atoms with E-state index in [9.17, 15) is 4.79 Å². The van der Waals surface area contributed by atoms with Crippen molar-refractivity contribution >= 4 is 40.8 Å². The maximum absolute atomic E-state index is 13.0. The highest BCUT2D eigenvalue weighted by molar-refractivity contribution is 8.18. The molecule has 166 valence electrons. The van der Waals surface area contributed by atoms with Crippen molar-refractivity contribution in [2.45, 2.75) is 6.54 Å². The maximum atomic E-state index is 13.0. The van der Waals surface area contributed by atoms with Crippen LogP contribution < -0.4 is 4.90 Å². The lowest BCUT2D eigenvalue weighted by molar-refractivity contribution is -0.122. The molecule has 2 aromatic carbocycles. The van der Waals surface area contributed by atoms with Gasteiger partial charge in [-0.05, 0) is 53.2 Å². The van der Waals surface area contributed by atoms with Gasteiger partial charge in [0.15, 0.2) is 5.17 Å². The van der Waals surface area contributed by atoms with Crippen LogP contribution in [0.15, 0.2) is 105 Å². The fourth-order valence-corrected chi connectivity index (χ4v) is 4.00. The number of rotatable bonds is 7. The van der Waals surface area contributed by atoms with Crippen molar-refractivity contribution in [2.75, 3.05) is 19.0 Å². The number of furan rings is 1. The summed E-state index contributed by atoms with van der Waals surface area (Å²) in [6.07, 6.45) is 8.91. The van der Waals surface area contributed by atoms with Crippen LogP contribution in [0.4, 0.5) is 5.69 Å². The topological polar surface area (TPSA) is 61.4 Å². The van der Waals surface area contributed by atoms with E-state index in [1.54, 1.807) is 29.5 Å². The average molecular weight is 457 g/mol. The van der Waals surface area contributed by atoms with Gasteiger partial charge in [0.1, 0.15) is 5.76 Å². The van der Waals surface area contributed by atoms with Crippen LogP contribution in [0.5, 0.6) is 0 Å². The number of nitrogens with zero attached hydrogens (tertiary/aromatic N) is 4. The van der Waals surface area contributed by atoms with E-state index in [0.717, 1.165) is 16.8 Å². The van der Waals surface area contributed by atoms with E-state index < -0.39 is 0 Å². The molecule has 6 nitrogen and oxygen atoms in total. The minimum absolute atomic E-state index is 0.126. The minimum atomic E-state index is -0.126. The van der Waals surface area contributed by atoms with Crippen LogP contribution in [0.25, 0.3) is 6.08 Å². The van der Waals surface area contributed by atoms with E-state index in [2.05, 4.69) is 10.2 Å². The molecule has 1 saturated heterocycles. The van der Waals surface area contributed by atoms with Crippen LogP contribution in [0.2, 0.25) is 0 Å². The molecular weight excluding hydrogens is 432 g/mol. The number of amidine groups is 1. The standard InChI is InChI=1S/C26H24N4O2S/c1-29(2)22-15-13-21(14-16-22)18-27-28-26-30(19-23-11-7-17-32-23)25(31)24(33-26)12-6-10-20-8-4-3-5-9-20/h3-18H,19H2,1-2H3/b10-6+,24-12-,27-18+,28-26-. The zero-order valence-corrected chi connectivity index (χ0v) is 19.3. The van der Waals surface area contributed by atoms with E-state index in [4.69, 9.17) is 4.42 Å². The molecule has 1 aromatic heterocycles. The quantitative estimate of drug-likeness (QED) is 0.271. The Morgan fingerprint density at radius 1 is 1.00 bits per heavy atom. The number of allylic oxidation sites excluding steroid dienone is 2. The van der Waals surface area contributed by atoms with Crippen molar-refractivity contribution in [3.05, 3.63) is 107 Å². The van der Waals surface area contributed by atoms with Gasteiger partial charge in [-0.1, -0.05) is 54.6 Å². The lowest BCUT2D eigenvalue weighted by Gasteiger charge is -2.12. The van der Waals surface area contributed by atoms with E-state index >= 15 is 0 Å². The summed E-state index contributed by atoms with van der Waals surface area (Å²) in [6.45, 7) is 0.296. The molecule has 0 saturated carbocycles. The Balaban J connectivity index is 1.53. The molecule has 33 heavy (non-hydrogen) atoms. The number of amides is 1. The van der Waals surface area contributed by atoms with Gasteiger partial charge in [-0.15, -0.1) is 5.10 Å². The first kappa shape index (κ1) is 22.4. The van der Waals surface area contributed by atoms with Crippen molar-refractivity contribution in [2.24, 2.45) is 10.2 Å². The highest BCUT2D eigenvalue weighted by Gasteiger charge is 2.33. The van der Waals surface area contributed by atoms with Gasteiger partial charge in [0.2, 0.25) is 0 Å². The molecule has 1 fully saturated rings. The summed E-state index contributed by atoms with van der Waals surface area (Å²) in [6, 6.07) is 21.6. The summed E-state index contributed by atoms with van der Waals surface area (Å²) < 4.78 is 5.44. The Labute approximate surface area is 197 Å². The van der Waals surface area contributed by atoms with Crippen molar-refractivity contribution in [3.8, 4) is 0 Å². The second-order valence-corrected chi connectivity index (χ2v) is 8.50. The predicted molar refractivity (Wildman–Crippen MR) is 136 cm³/mol. The Bertz CT molecular complexity index is 1190. The molecule has 0 unspecified atom stereocenters. The SMILES string of the molecule is CN(C)c1ccc(/C=N/N=C2\S/C(=C\C=C\c3ccccc3)C(=O)N2Cc2ccco2)cc1. The van der Waals surface area contributed by atoms with Gasteiger partial charge >= 0.3 is 0 Å². The smallest absolute Gasteiger partial charge is 0.267 e. The van der Waals surface area contributed by atoms with Crippen molar-refractivity contribution in [1.82, 2.24) is 4.90 Å². The number of carbonyl (C=O) groups excluding carboxylic acids is 1. The van der Waals surface area contributed by atoms with Gasteiger partial charge < -0.3 is 9.32 Å². The molecule has 0 aliphatic carbocycles. The summed E-state index contributed by atoms with van der Waals surface area (Å²) in [5, 5.41) is 9.09. The maximum Gasteiger partial charge on any atom is 0.267 e. The number of carbonyl (C=O) groups is 1. The van der Waals surface area contributed by atoms with Gasteiger partial charge in [-0.25, -0.2) is 0 Å². The third kappa shape index (κ3) is 5.90. The number of hydrogen-bond donors (Lipinski definition) is 0. The fourth-order valence-electron chi connectivity index (χ4n) is 3.11. The van der Waals surface area contributed by atoms with Crippen molar-refractivity contribution in [3.63, 3.8) is 0 Å². The second kappa shape index (κ2) is 10.7. The van der Waals surface area contributed by atoms with Gasteiger partial charge in [-0.2, -0.15) is 5.10 Å². The van der Waals surface area contributed by atoms with Crippen LogP contribution in [-0.2, 0) is 11.3 Å². The minimum Gasteiger partial charge on any atom is -0.467 e. The average Bonchev–Trinajstić information content (AvgIpc) is 3.44. The third-order valence-electron chi connectivity index (χ3n) is 4.88. The molecule has 1 aliphatic rings. The fraction of sp³-hybridized carbons (Fsp3) is 0.115. The Kier molecular flexibility index (Phi) is 7.22. The van der Waals surface area contributed by atoms with Crippen molar-refractivity contribution in [1.29, 1.82) is 0 Å². The van der Waals surface area contributed by atoms with Gasteiger partial charge in [-0.3, -0.25) is 9.69 Å². The summed E-state index contributed by atoms with van der Waals surface area (Å²) in [5.41, 5.74) is 3.10. The highest BCUT2D eigenvalue weighted by Crippen LogP contribution is 2.32. The lowest BCUT2D eigenvalue weighted by atomic mass is 10.2. The first-order valence-electron chi connectivity index (χ1n) is 10.4. The van der Waals surface area contributed by atoms with Crippen molar-refractivity contribution < 1.29 is 9.21 Å². The Morgan fingerprint density at radius 3 is 2.48 bits per heavy atom. The first-order valence-corrected chi connectivity index (χ1v) is 11.3. The van der Waals surface area contributed by atoms with Crippen LogP contribution in [0.1, 0.15) is 16.9 Å². The molecule has 1 amide bonds. The van der Waals surface area contributed by atoms with E-state index in [1.165, 1.54) is 11.8 Å². The number of hydrogen-bond acceptors (Lipinski definition) is 6. The lowest BCUT2D eigenvalue weighted by Crippen LogP contribution is -2.28. The molecule has 1 aliphatic heterocycles. The van der Waals surface area contributed by atoms with Crippen LogP contribution in [-0.4, -0.2) is 36.3 Å². The molecule has 0 bridgehead atoms. The van der Waals surface area contributed by atoms with Gasteiger partial charge in [0, 0.05) is 19.8 Å². The summed E-state index contributed by atoms with van der Waals surface area (Å²) in [4.78, 5) is 17.2. The monoisotopic (exact) mass is 456 g/mol. The highest BCUT2D eigenvalue weighted by atomic mass is 32.2. The molecule has 3 aromatic rings. The summed E-state index contributed by atoms with van der Waals surface area (Å²) in [7, 11) is 3.99. The molecule has 2 heterocycles. The normalized spacial score (nSPS) is 16.7. The molecule has 0 radical (unpaired) electrons. The predicted octanol–water partition coefficient (Wildman–Crippen LogP) is 5.41. The Morgan fingerprint density at radius 2 is 1.79 bits per heavy atom. The van der Waals surface area contributed by atoms with E-state index in [1.807, 2.05) is 91.8 Å². The Hall–Kier alpha value is -3.84. The van der Waals surface area contributed by atoms with Crippen LogP contribution in [0, 0.1) is 0 Å². The van der Waals surface area contributed by atoms with E-state index in [-0.39, 0.29) is 5.91 Å². The van der Waals surface area contributed by atoms with Crippen LogP contribution >= 0.6 is 11.8 Å². The van der Waals surface area contributed by atoms with Gasteiger partial charge in [0.25, 0.3) is 5.91 Å². The molecule has 0 atom stereocenters. The first-order chi connectivity index (χ1) is 16.1. The molecular formula is C26H24N4O2S. The summed E-state index contributed by atoms with van der Waals surface area (Å²) >= 11 is 1.30. The zero-order chi connectivity index (χ0) is 23.0. The number of thioether (sulfide) groups is 1. The van der Waals surface area contributed by atoms with E-state index in [0.29, 0.717) is 22.4 Å². The molecule has 7 heteroatoms.